The van der Waals surface area contributed by atoms with Crippen molar-refractivity contribution in [1.82, 2.24) is 14.2 Å². The Kier molecular flexibility index (Phi) is 8.81. The van der Waals surface area contributed by atoms with Crippen LogP contribution in [-0.2, 0) is 6.61 Å². The van der Waals surface area contributed by atoms with Crippen molar-refractivity contribution in [2.45, 2.75) is 54.1 Å². The van der Waals surface area contributed by atoms with E-state index in [1.807, 2.05) is 43.3 Å². The maximum atomic E-state index is 13.9. The van der Waals surface area contributed by atoms with Crippen LogP contribution in [0.1, 0.15) is 59.0 Å². The second kappa shape index (κ2) is 13.1. The number of fused-ring (bicyclic) bond motifs is 1. The van der Waals surface area contributed by atoms with Crippen molar-refractivity contribution in [3.63, 3.8) is 0 Å². The summed E-state index contributed by atoms with van der Waals surface area (Å²) in [6, 6.07) is 30.0. The van der Waals surface area contributed by atoms with E-state index in [1.54, 1.807) is 19.4 Å². The Morgan fingerprint density at radius 3 is 2.32 bits per heavy atom. The van der Waals surface area contributed by atoms with Crippen LogP contribution in [0.5, 0.6) is 11.5 Å². The number of nitrogens with zero attached hydrogens (tertiary/aromatic N) is 4. The fourth-order valence-electron chi connectivity index (χ4n) is 5.95. The van der Waals surface area contributed by atoms with Gasteiger partial charge in [0, 0.05) is 28.2 Å². The van der Waals surface area contributed by atoms with Crippen LogP contribution in [0.25, 0.3) is 28.0 Å². The Labute approximate surface area is 275 Å². The van der Waals surface area contributed by atoms with E-state index in [0.717, 1.165) is 56.4 Å². The number of hydrogen-bond donors (Lipinski definition) is 0. The first kappa shape index (κ1) is 31.5. The molecule has 0 spiro atoms. The Hall–Kier alpha value is -5.43. The first-order chi connectivity index (χ1) is 22.6. The normalized spacial score (nSPS) is 11.6. The number of methoxy groups -OCH3 is 1. The average Bonchev–Trinajstić information content (AvgIpc) is 3.35. The summed E-state index contributed by atoms with van der Waals surface area (Å²) in [6.07, 6.45) is 1.75. The van der Waals surface area contributed by atoms with Crippen LogP contribution < -0.4 is 15.0 Å². The molecule has 238 valence electrons. The van der Waals surface area contributed by atoms with E-state index in [0.29, 0.717) is 23.3 Å². The maximum Gasteiger partial charge on any atom is 0.282 e. The number of hydrogen-bond acceptors (Lipinski definition) is 5. The summed E-state index contributed by atoms with van der Waals surface area (Å²) >= 11 is 0. The Morgan fingerprint density at radius 1 is 0.894 bits per heavy atom. The highest BCUT2D eigenvalue weighted by Crippen LogP contribution is 2.34. The van der Waals surface area contributed by atoms with Gasteiger partial charge in [-0.05, 0) is 105 Å². The highest BCUT2D eigenvalue weighted by atomic mass is 16.5. The number of aromatic nitrogens is 3. The molecule has 7 nitrogen and oxygen atoms in total. The minimum Gasteiger partial charge on any atom is -0.496 e. The summed E-state index contributed by atoms with van der Waals surface area (Å²) in [6.45, 7) is 13.0. The number of benzene rings is 4. The summed E-state index contributed by atoms with van der Waals surface area (Å²) in [5.41, 5.74) is 9.57. The third-order valence-electron chi connectivity index (χ3n) is 8.60. The highest BCUT2D eigenvalue weighted by molar-refractivity contribution is 5.84. The van der Waals surface area contributed by atoms with Gasteiger partial charge >= 0.3 is 0 Å². The lowest BCUT2D eigenvalue weighted by Gasteiger charge is -2.17. The quantitative estimate of drug-likeness (QED) is 0.151. The van der Waals surface area contributed by atoms with Crippen LogP contribution in [0.3, 0.4) is 0 Å². The molecule has 0 unspecified atom stereocenters. The molecule has 0 aliphatic carbocycles. The molecule has 0 amide bonds. The number of ether oxygens (including phenoxy) is 2. The molecule has 0 aliphatic rings. The van der Waals surface area contributed by atoms with E-state index in [2.05, 4.69) is 87.7 Å². The molecule has 2 heterocycles. The average molecular weight is 625 g/mol. The molecule has 0 atom stereocenters. The van der Waals surface area contributed by atoms with Gasteiger partial charge in [-0.15, -0.1) is 0 Å². The third kappa shape index (κ3) is 6.34. The molecule has 6 aromatic rings. The predicted molar refractivity (Wildman–Crippen MR) is 191 cm³/mol. The van der Waals surface area contributed by atoms with Gasteiger partial charge in [-0.2, -0.15) is 9.78 Å². The first-order valence-corrected chi connectivity index (χ1v) is 15.9. The fourth-order valence-corrected chi connectivity index (χ4v) is 5.95. The largest absolute Gasteiger partial charge is 0.496 e. The van der Waals surface area contributed by atoms with Gasteiger partial charge < -0.3 is 14.0 Å². The van der Waals surface area contributed by atoms with Crippen molar-refractivity contribution >= 4 is 17.1 Å². The van der Waals surface area contributed by atoms with Crippen LogP contribution in [-0.4, -0.2) is 27.6 Å². The Balaban J connectivity index is 1.36. The topological polar surface area (TPSA) is 70.6 Å². The van der Waals surface area contributed by atoms with Gasteiger partial charge in [0.1, 0.15) is 18.1 Å². The summed E-state index contributed by atoms with van der Waals surface area (Å²) in [5.74, 6) is 2.33. The van der Waals surface area contributed by atoms with Gasteiger partial charge in [-0.1, -0.05) is 55.8 Å². The molecule has 6 rings (SSSR count). The maximum absolute atomic E-state index is 13.9. The van der Waals surface area contributed by atoms with Crippen LogP contribution >= 0.6 is 0 Å². The fraction of sp³-hybridized carbons (Fsp3) is 0.225. The zero-order valence-electron chi connectivity index (χ0n) is 28.0. The van der Waals surface area contributed by atoms with E-state index in [-0.39, 0.29) is 11.5 Å². The van der Waals surface area contributed by atoms with Crippen LogP contribution in [0.15, 0.2) is 101 Å². The van der Waals surface area contributed by atoms with Crippen molar-refractivity contribution in [2.75, 3.05) is 7.11 Å². The predicted octanol–water partition coefficient (Wildman–Crippen LogP) is 8.68. The van der Waals surface area contributed by atoms with E-state index >= 15 is 0 Å². The van der Waals surface area contributed by atoms with Gasteiger partial charge in [-0.3, -0.25) is 4.79 Å². The smallest absolute Gasteiger partial charge is 0.282 e. The molecule has 0 bridgehead atoms. The third-order valence-corrected chi connectivity index (χ3v) is 8.60. The molecule has 0 aliphatic heterocycles. The van der Waals surface area contributed by atoms with E-state index in [1.165, 1.54) is 10.2 Å². The van der Waals surface area contributed by atoms with Crippen LogP contribution in [0.2, 0.25) is 0 Å². The van der Waals surface area contributed by atoms with E-state index in [9.17, 15) is 4.79 Å². The molecular weight excluding hydrogens is 584 g/mol. The molecule has 47 heavy (non-hydrogen) atoms. The Bertz CT molecular complexity index is 2150. The monoisotopic (exact) mass is 624 g/mol. The van der Waals surface area contributed by atoms with Crippen molar-refractivity contribution in [2.24, 2.45) is 5.10 Å². The summed E-state index contributed by atoms with van der Waals surface area (Å²) in [7, 11) is 1.68. The molecule has 0 N–H and O–H groups in total. The van der Waals surface area contributed by atoms with Gasteiger partial charge in [0.05, 0.1) is 24.2 Å². The highest BCUT2D eigenvalue weighted by Gasteiger charge is 2.19. The van der Waals surface area contributed by atoms with Gasteiger partial charge in [0.25, 0.3) is 5.56 Å². The lowest BCUT2D eigenvalue weighted by atomic mass is 9.96. The Morgan fingerprint density at radius 2 is 1.62 bits per heavy atom. The molecule has 0 fully saturated rings. The summed E-state index contributed by atoms with van der Waals surface area (Å²) < 4.78 is 15.3. The molecule has 0 saturated carbocycles. The van der Waals surface area contributed by atoms with Gasteiger partial charge in [0.2, 0.25) is 0 Å². The summed E-state index contributed by atoms with van der Waals surface area (Å²) in [5, 5.41) is 5.31. The standard InChI is InChI=1S/C40H40N4O3/c1-25(2)35-22-36(27(4)20-38(35)46-7)39-42-37-11-9-8-10-34(37)40(45)44(39)41-23-31-21-28(5)43(29(31)6)32-16-18-33(19-17-32)47-24-30-14-12-26(3)13-15-30/h8-23,25H,24H2,1-7H3. The second-order valence-corrected chi connectivity index (χ2v) is 12.3. The molecule has 0 radical (unpaired) electrons. The SMILES string of the molecule is COc1cc(C)c(-c2nc3ccccc3c(=O)n2N=Cc2cc(C)n(-c3ccc(OCc4ccc(C)cc4)cc3)c2C)cc1C(C)C. The minimum absolute atomic E-state index is 0.215. The zero-order chi connectivity index (χ0) is 33.2. The van der Waals surface area contributed by atoms with Crippen molar-refractivity contribution in [3.8, 4) is 28.6 Å². The van der Waals surface area contributed by atoms with E-state index < -0.39 is 0 Å². The zero-order valence-corrected chi connectivity index (χ0v) is 28.0. The number of rotatable bonds is 9. The van der Waals surface area contributed by atoms with Crippen molar-refractivity contribution in [1.29, 1.82) is 0 Å². The molecule has 7 heteroatoms. The molecule has 4 aromatic carbocycles. The lowest BCUT2D eigenvalue weighted by molar-refractivity contribution is 0.306. The van der Waals surface area contributed by atoms with Crippen LogP contribution in [0, 0.1) is 27.7 Å². The van der Waals surface area contributed by atoms with Crippen molar-refractivity contribution in [3.05, 3.63) is 141 Å². The number of para-hydroxylation sites is 1. The number of aryl methyl sites for hydroxylation is 3. The molecule has 0 saturated heterocycles. The first-order valence-electron chi connectivity index (χ1n) is 15.9. The second-order valence-electron chi connectivity index (χ2n) is 12.3. The minimum atomic E-state index is -0.224. The molecule has 2 aromatic heterocycles. The van der Waals surface area contributed by atoms with Gasteiger partial charge in [0.15, 0.2) is 5.82 Å². The van der Waals surface area contributed by atoms with Crippen LogP contribution in [0.4, 0.5) is 0 Å². The molecular formula is C40H40N4O3. The van der Waals surface area contributed by atoms with E-state index in [4.69, 9.17) is 19.6 Å². The summed E-state index contributed by atoms with van der Waals surface area (Å²) in [4.78, 5) is 18.9. The van der Waals surface area contributed by atoms with Gasteiger partial charge in [-0.25, -0.2) is 4.98 Å². The lowest BCUT2D eigenvalue weighted by Crippen LogP contribution is -2.21. The van der Waals surface area contributed by atoms with Crippen molar-refractivity contribution < 1.29 is 9.47 Å².